The summed E-state index contributed by atoms with van der Waals surface area (Å²) >= 11 is 0. The largest absolute Gasteiger partial charge is 0.348 e. The maximum atomic E-state index is 13.2. The number of anilines is 1. The fourth-order valence-electron chi connectivity index (χ4n) is 7.10. The van der Waals surface area contributed by atoms with Crippen molar-refractivity contribution in [3.05, 3.63) is 65.5 Å². The number of sulfonamides is 1. The minimum Gasteiger partial charge on any atom is -0.348 e. The minimum atomic E-state index is -3.65. The molecule has 1 amide bonds. The van der Waals surface area contributed by atoms with Gasteiger partial charge in [-0.15, -0.1) is 0 Å². The van der Waals surface area contributed by atoms with Gasteiger partial charge in [0, 0.05) is 0 Å². The lowest BCUT2D eigenvalue weighted by Gasteiger charge is -2.57. The lowest BCUT2D eigenvalue weighted by atomic mass is 9.48. The summed E-state index contributed by atoms with van der Waals surface area (Å²) in [5, 5.41) is 2.82. The minimum absolute atomic E-state index is 0.241. The van der Waals surface area contributed by atoms with E-state index in [9.17, 15) is 17.6 Å². The summed E-state index contributed by atoms with van der Waals surface area (Å²) in [5.41, 5.74) is 2.81. The number of carbonyl (C=O) groups excluding carboxylic acids is 1. The van der Waals surface area contributed by atoms with E-state index in [1.807, 2.05) is 12.1 Å². The van der Waals surface area contributed by atoms with Crippen LogP contribution in [0, 0.1) is 23.6 Å². The molecule has 4 bridgehead atoms. The summed E-state index contributed by atoms with van der Waals surface area (Å²) in [7, 11) is -3.65. The molecule has 0 heterocycles. The number of carbonyl (C=O) groups is 1. The first-order valence-corrected chi connectivity index (χ1v) is 14.1. The van der Waals surface area contributed by atoms with Crippen LogP contribution in [-0.4, -0.2) is 27.1 Å². The molecule has 182 valence electrons. The number of hydrogen-bond donors (Lipinski definition) is 1. The number of amides is 1. The molecule has 0 radical (unpaired) electrons. The molecule has 4 saturated carbocycles. The Hall–Kier alpha value is -2.41. The highest BCUT2D eigenvalue weighted by molar-refractivity contribution is 7.92. The fourth-order valence-corrected chi connectivity index (χ4v) is 7.95. The third-order valence-electron chi connectivity index (χ3n) is 8.24. The second kappa shape index (κ2) is 8.67. The molecule has 0 aromatic heterocycles. The van der Waals surface area contributed by atoms with E-state index in [0.29, 0.717) is 5.69 Å². The SMILES string of the molecule is C[C@@H](NC(=O)CN(c1ccc(C23CC4CC(CC(C4)C2)C3)cc1)S(C)(=O)=O)c1ccc(F)cc1. The van der Waals surface area contributed by atoms with Gasteiger partial charge < -0.3 is 5.32 Å². The predicted octanol–water partition coefficient (Wildman–Crippen LogP) is 4.94. The molecule has 34 heavy (non-hydrogen) atoms. The fraction of sp³-hybridized carbons (Fsp3) is 0.519. The van der Waals surface area contributed by atoms with Crippen molar-refractivity contribution >= 4 is 21.6 Å². The van der Waals surface area contributed by atoms with Crippen LogP contribution >= 0.6 is 0 Å². The van der Waals surface area contributed by atoms with Crippen LogP contribution in [0.15, 0.2) is 48.5 Å². The van der Waals surface area contributed by atoms with Crippen LogP contribution < -0.4 is 9.62 Å². The monoisotopic (exact) mass is 484 g/mol. The van der Waals surface area contributed by atoms with Crippen LogP contribution in [0.4, 0.5) is 10.1 Å². The third kappa shape index (κ3) is 4.59. The molecule has 4 fully saturated rings. The van der Waals surface area contributed by atoms with Crippen molar-refractivity contribution in [2.75, 3.05) is 17.1 Å². The molecule has 0 saturated heterocycles. The van der Waals surface area contributed by atoms with Gasteiger partial charge in [-0.2, -0.15) is 0 Å². The third-order valence-corrected chi connectivity index (χ3v) is 9.38. The normalized spacial score (nSPS) is 28.5. The molecule has 1 N–H and O–H groups in total. The average molecular weight is 485 g/mol. The smallest absolute Gasteiger partial charge is 0.241 e. The molecule has 0 aliphatic heterocycles. The second-order valence-corrected chi connectivity index (χ2v) is 12.8. The first-order chi connectivity index (χ1) is 16.1. The number of rotatable bonds is 7. The van der Waals surface area contributed by atoms with E-state index in [4.69, 9.17) is 0 Å². The van der Waals surface area contributed by atoms with Crippen molar-refractivity contribution in [1.82, 2.24) is 5.32 Å². The van der Waals surface area contributed by atoms with Crippen molar-refractivity contribution in [3.63, 3.8) is 0 Å². The predicted molar refractivity (Wildman–Crippen MR) is 131 cm³/mol. The Kier molecular flexibility index (Phi) is 5.95. The first kappa shape index (κ1) is 23.3. The molecule has 5 nitrogen and oxygen atoms in total. The second-order valence-electron chi connectivity index (χ2n) is 10.9. The Balaban J connectivity index is 1.31. The van der Waals surface area contributed by atoms with E-state index >= 15 is 0 Å². The van der Waals surface area contributed by atoms with Gasteiger partial charge in [-0.1, -0.05) is 24.3 Å². The summed E-state index contributed by atoms with van der Waals surface area (Å²) in [4.78, 5) is 12.7. The molecule has 7 heteroatoms. The number of halogens is 1. The Morgan fingerprint density at radius 3 is 2.03 bits per heavy atom. The Bertz CT molecular complexity index is 1130. The molecular formula is C27H33FN2O3S. The molecule has 0 unspecified atom stereocenters. The van der Waals surface area contributed by atoms with Crippen LogP contribution in [0.2, 0.25) is 0 Å². The highest BCUT2D eigenvalue weighted by Crippen LogP contribution is 2.60. The zero-order chi connectivity index (χ0) is 24.1. The average Bonchev–Trinajstić information content (AvgIpc) is 2.76. The van der Waals surface area contributed by atoms with Crippen LogP contribution in [0.1, 0.15) is 62.6 Å². The lowest BCUT2D eigenvalue weighted by Crippen LogP contribution is -2.48. The maximum Gasteiger partial charge on any atom is 0.241 e. The van der Waals surface area contributed by atoms with Crippen LogP contribution in [0.5, 0.6) is 0 Å². The Morgan fingerprint density at radius 1 is 1.00 bits per heavy atom. The Morgan fingerprint density at radius 2 is 1.53 bits per heavy atom. The molecular weight excluding hydrogens is 451 g/mol. The summed E-state index contributed by atoms with van der Waals surface area (Å²) in [6, 6.07) is 13.4. The van der Waals surface area contributed by atoms with Gasteiger partial charge in [-0.3, -0.25) is 9.10 Å². The van der Waals surface area contributed by atoms with E-state index in [1.165, 1.54) is 56.2 Å². The topological polar surface area (TPSA) is 66.5 Å². The lowest BCUT2D eigenvalue weighted by molar-refractivity contribution is -0.120. The van der Waals surface area contributed by atoms with Crippen molar-refractivity contribution < 1.29 is 17.6 Å². The van der Waals surface area contributed by atoms with Gasteiger partial charge in [0.1, 0.15) is 12.4 Å². The number of nitrogens with zero attached hydrogens (tertiary/aromatic N) is 1. The first-order valence-electron chi connectivity index (χ1n) is 12.2. The van der Waals surface area contributed by atoms with Gasteiger partial charge in [-0.05, 0) is 104 Å². The summed E-state index contributed by atoms with van der Waals surface area (Å²) < 4.78 is 39.5. The van der Waals surface area contributed by atoms with E-state index in [2.05, 4.69) is 17.4 Å². The van der Waals surface area contributed by atoms with Gasteiger partial charge in [0.25, 0.3) is 0 Å². The maximum absolute atomic E-state index is 13.2. The summed E-state index contributed by atoms with van der Waals surface area (Å²) in [5.74, 6) is 1.76. The van der Waals surface area contributed by atoms with Crippen LogP contribution in [0.25, 0.3) is 0 Å². The van der Waals surface area contributed by atoms with E-state index in [-0.39, 0.29) is 23.8 Å². The van der Waals surface area contributed by atoms with Crippen LogP contribution in [0.3, 0.4) is 0 Å². The van der Waals surface area contributed by atoms with Gasteiger partial charge in [0.2, 0.25) is 15.9 Å². The van der Waals surface area contributed by atoms with Gasteiger partial charge in [0.15, 0.2) is 0 Å². The zero-order valence-corrected chi connectivity index (χ0v) is 20.7. The van der Waals surface area contributed by atoms with Crippen molar-refractivity contribution in [2.45, 2.75) is 56.9 Å². The highest BCUT2D eigenvalue weighted by Gasteiger charge is 2.51. The van der Waals surface area contributed by atoms with Gasteiger partial charge in [-0.25, -0.2) is 12.8 Å². The van der Waals surface area contributed by atoms with Crippen molar-refractivity contribution in [2.24, 2.45) is 17.8 Å². The van der Waals surface area contributed by atoms with Gasteiger partial charge >= 0.3 is 0 Å². The number of benzene rings is 2. The summed E-state index contributed by atoms with van der Waals surface area (Å²) in [6.07, 6.45) is 9.00. The molecule has 1 atom stereocenters. The molecule has 6 rings (SSSR count). The van der Waals surface area contributed by atoms with Crippen LogP contribution in [-0.2, 0) is 20.2 Å². The van der Waals surface area contributed by atoms with Gasteiger partial charge in [0.05, 0.1) is 18.0 Å². The number of nitrogens with one attached hydrogen (secondary N) is 1. The van der Waals surface area contributed by atoms with E-state index < -0.39 is 15.9 Å². The highest BCUT2D eigenvalue weighted by atomic mass is 32.2. The Labute approximate surface area is 201 Å². The number of hydrogen-bond acceptors (Lipinski definition) is 3. The summed E-state index contributed by atoms with van der Waals surface area (Å²) in [6.45, 7) is 1.48. The van der Waals surface area contributed by atoms with Crippen molar-refractivity contribution in [3.8, 4) is 0 Å². The molecule has 4 aliphatic rings. The zero-order valence-electron chi connectivity index (χ0n) is 19.8. The molecule has 2 aromatic carbocycles. The van der Waals surface area contributed by atoms with Crippen molar-refractivity contribution in [1.29, 1.82) is 0 Å². The molecule has 0 spiro atoms. The quantitative estimate of drug-likeness (QED) is 0.606. The molecule has 4 aliphatic carbocycles. The van der Waals surface area contributed by atoms with E-state index in [1.54, 1.807) is 19.1 Å². The standard InChI is InChI=1S/C27H33FN2O3S/c1-18(22-3-7-24(28)8-4-22)29-26(31)17-30(34(2,32)33)25-9-5-23(6-10-25)27-14-19-11-20(15-27)13-21(12-19)16-27/h3-10,18-21H,11-17H2,1-2H3,(H,29,31)/t18-,19?,20?,21?,27?/m1/s1. The molecule has 2 aromatic rings. The van der Waals surface area contributed by atoms with E-state index in [0.717, 1.165) is 33.9 Å².